The van der Waals surface area contributed by atoms with Gasteiger partial charge in [0, 0.05) is 18.8 Å². The van der Waals surface area contributed by atoms with E-state index >= 15 is 0 Å². The van der Waals surface area contributed by atoms with Crippen LogP contribution in [0.1, 0.15) is 103 Å². The number of anilines is 1. The van der Waals surface area contributed by atoms with Crippen molar-refractivity contribution in [3.8, 4) is 0 Å². The Kier molecular flexibility index (Phi) is 11.2. The Morgan fingerprint density at radius 1 is 1.06 bits per heavy atom. The summed E-state index contributed by atoms with van der Waals surface area (Å²) in [7, 11) is 0. The van der Waals surface area contributed by atoms with Gasteiger partial charge in [-0.25, -0.2) is 19.9 Å². The summed E-state index contributed by atoms with van der Waals surface area (Å²) in [6, 6.07) is 5.05. The second-order valence-corrected chi connectivity index (χ2v) is 16.7. The average Bonchev–Trinajstić information content (AvgIpc) is 3.19. The quantitative estimate of drug-likeness (QED) is 0.0923. The van der Waals surface area contributed by atoms with Gasteiger partial charge in [0.05, 0.1) is 12.6 Å². The minimum absolute atomic E-state index is 0.223. The smallest absolute Gasteiger partial charge is 0.331 e. The van der Waals surface area contributed by atoms with Crippen LogP contribution in [0.15, 0.2) is 29.4 Å². The number of ether oxygens (including phenoxy) is 2. The number of carbonyl (C=O) groups excluding carboxylic acids is 3. The van der Waals surface area contributed by atoms with Crippen molar-refractivity contribution in [2.24, 2.45) is 34.0 Å². The van der Waals surface area contributed by atoms with Crippen molar-refractivity contribution in [1.82, 2.24) is 15.3 Å². The molecule has 0 aromatic heterocycles. The van der Waals surface area contributed by atoms with Gasteiger partial charge in [-0.2, -0.15) is 0 Å². The molecule has 1 aromatic rings. The first-order chi connectivity index (χ1) is 24.3. The second-order valence-electron chi connectivity index (χ2n) is 16.7. The predicted octanol–water partition coefficient (Wildman–Crippen LogP) is 4.36. The number of esters is 2. The highest BCUT2D eigenvalue weighted by Gasteiger charge is 2.50. The van der Waals surface area contributed by atoms with Crippen LogP contribution in [0.5, 0.6) is 0 Å². The summed E-state index contributed by atoms with van der Waals surface area (Å²) in [4.78, 5) is 52.1. The van der Waals surface area contributed by atoms with E-state index in [9.17, 15) is 24.5 Å². The summed E-state index contributed by atoms with van der Waals surface area (Å²) in [5, 5.41) is 22.5. The molecule has 2 aliphatic heterocycles. The number of carbonyl (C=O) groups is 3. The average molecular weight is 710 g/mol. The predicted molar refractivity (Wildman–Crippen MR) is 190 cm³/mol. The first kappa shape index (κ1) is 37.0. The maximum absolute atomic E-state index is 14.3. The van der Waals surface area contributed by atoms with Crippen molar-refractivity contribution in [3.05, 3.63) is 39.9 Å². The summed E-state index contributed by atoms with van der Waals surface area (Å²) in [6.07, 6.45) is 12.2. The number of nitrogens with zero attached hydrogens (tertiary/aromatic N) is 4. The minimum atomic E-state index is -0.869. The van der Waals surface area contributed by atoms with Gasteiger partial charge >= 0.3 is 11.9 Å². The van der Waals surface area contributed by atoms with E-state index in [0.29, 0.717) is 51.1 Å². The summed E-state index contributed by atoms with van der Waals surface area (Å²) in [5.74, 6) is 1.13. The van der Waals surface area contributed by atoms with E-state index in [-0.39, 0.29) is 23.3 Å². The fraction of sp³-hybridized carbons (Fsp3) is 0.730. The first-order valence-electron chi connectivity index (χ1n) is 18.8. The number of hydrazone groups is 1. The summed E-state index contributed by atoms with van der Waals surface area (Å²) in [5.41, 5.74) is 6.65. The van der Waals surface area contributed by atoms with Crippen LogP contribution in [0.4, 0.5) is 5.69 Å². The fourth-order valence-electron chi connectivity index (χ4n) is 9.81. The van der Waals surface area contributed by atoms with Crippen molar-refractivity contribution in [3.63, 3.8) is 0 Å². The summed E-state index contributed by atoms with van der Waals surface area (Å²) < 4.78 is 11.8. The first-order valence-corrected chi connectivity index (χ1v) is 18.8. The van der Waals surface area contributed by atoms with Crippen LogP contribution in [0.2, 0.25) is 0 Å². The molecule has 0 radical (unpaired) electrons. The fourth-order valence-corrected chi connectivity index (χ4v) is 9.81. The maximum atomic E-state index is 14.3. The third-order valence-corrected chi connectivity index (χ3v) is 11.5. The monoisotopic (exact) mass is 709 g/mol. The number of amides is 1. The molecular formula is C37H55N7O7. The van der Waals surface area contributed by atoms with Gasteiger partial charge in [0.1, 0.15) is 22.8 Å². The van der Waals surface area contributed by atoms with Gasteiger partial charge in [-0.1, -0.05) is 12.1 Å². The van der Waals surface area contributed by atoms with Crippen LogP contribution in [0.25, 0.3) is 0 Å². The molecule has 4 N–H and O–H groups in total. The third-order valence-electron chi connectivity index (χ3n) is 11.5. The van der Waals surface area contributed by atoms with E-state index in [1.165, 1.54) is 38.5 Å². The number of guanidine groups is 1. The van der Waals surface area contributed by atoms with Crippen molar-refractivity contribution in [2.45, 2.75) is 128 Å². The van der Waals surface area contributed by atoms with Crippen LogP contribution >= 0.6 is 0 Å². The van der Waals surface area contributed by atoms with Gasteiger partial charge in [0.15, 0.2) is 5.03 Å². The molecule has 1 aromatic carbocycles. The number of rotatable bonds is 12. The van der Waals surface area contributed by atoms with Crippen molar-refractivity contribution in [2.75, 3.05) is 25.0 Å². The van der Waals surface area contributed by atoms with Gasteiger partial charge in [-0.3, -0.25) is 19.9 Å². The van der Waals surface area contributed by atoms with Crippen molar-refractivity contribution >= 4 is 29.5 Å². The lowest BCUT2D eigenvalue weighted by Crippen LogP contribution is -2.62. The summed E-state index contributed by atoms with van der Waals surface area (Å²) >= 11 is 0. The number of aryl methyl sites for hydroxylation is 1. The Labute approximate surface area is 300 Å². The number of nitrogens with two attached hydrogens (primary N) is 1. The Bertz CT molecular complexity index is 1440. The number of hydrazine groups is 1. The van der Waals surface area contributed by atoms with Crippen molar-refractivity contribution < 1.29 is 28.9 Å². The molecular weight excluding hydrogens is 654 g/mol. The molecule has 0 spiro atoms. The van der Waals surface area contributed by atoms with Gasteiger partial charge in [0.25, 0.3) is 11.9 Å². The number of nitrogens with one attached hydrogen (secondary N) is 2. The van der Waals surface area contributed by atoms with Gasteiger partial charge in [0.2, 0.25) is 0 Å². The molecule has 1 amide bonds. The molecule has 4 aliphatic carbocycles. The topological polar surface area (TPSA) is 182 Å². The van der Waals surface area contributed by atoms with E-state index in [2.05, 4.69) is 15.7 Å². The molecule has 2 saturated heterocycles. The molecule has 6 aliphatic rings. The normalized spacial score (nSPS) is 29.9. The Balaban J connectivity index is 1.14. The molecule has 0 unspecified atom stereocenters. The van der Waals surface area contributed by atoms with Crippen LogP contribution in [-0.2, 0) is 30.3 Å². The Morgan fingerprint density at radius 2 is 1.69 bits per heavy atom. The highest BCUT2D eigenvalue weighted by atomic mass is 16.7. The largest absolute Gasteiger partial charge is 0.465 e. The molecule has 4 saturated carbocycles. The zero-order valence-electron chi connectivity index (χ0n) is 30.3. The van der Waals surface area contributed by atoms with Gasteiger partial charge in [-0.05, 0) is 145 Å². The van der Waals surface area contributed by atoms with Gasteiger partial charge in [-0.15, -0.1) is 0 Å². The van der Waals surface area contributed by atoms with E-state index < -0.39 is 34.7 Å². The lowest BCUT2D eigenvalue weighted by Gasteiger charge is -2.57. The zero-order chi connectivity index (χ0) is 36.3. The van der Waals surface area contributed by atoms with E-state index in [1.54, 1.807) is 17.1 Å². The third kappa shape index (κ3) is 9.37. The molecule has 6 fully saturated rings. The number of hydrogen-bond donors (Lipinski definition) is 3. The Hall–Kier alpha value is -3.78. The van der Waals surface area contributed by atoms with Crippen LogP contribution in [0, 0.1) is 33.3 Å². The zero-order valence-corrected chi connectivity index (χ0v) is 30.3. The SMILES string of the molecule is CC(C)(C)OC(=O)[C@@H]1CCCN2CCC[C@H](N[C@@H](CCc3ccc(NC(N)=N[N+](=O)[O-])cc3)C(=O)OCCC34CC5CC(CC(C5)C3)C4)C(=O)N12. The van der Waals surface area contributed by atoms with E-state index in [1.807, 2.05) is 37.9 Å². The maximum Gasteiger partial charge on any atom is 0.331 e. The van der Waals surface area contributed by atoms with Crippen molar-refractivity contribution in [1.29, 1.82) is 0 Å². The number of nitro groups is 1. The van der Waals surface area contributed by atoms with Crippen LogP contribution in [-0.4, -0.2) is 82.3 Å². The Morgan fingerprint density at radius 3 is 2.29 bits per heavy atom. The number of benzene rings is 1. The lowest BCUT2D eigenvalue weighted by atomic mass is 9.49. The summed E-state index contributed by atoms with van der Waals surface area (Å²) in [6.45, 7) is 7.16. The minimum Gasteiger partial charge on any atom is -0.465 e. The molecule has 51 heavy (non-hydrogen) atoms. The standard InChI is InChI=1S/C37H55N7O7/c1-36(2,3)51-34(47)31-7-5-16-42-15-4-6-29(32(45)43(31)42)40-30(13-10-24-8-11-28(12-9-24)39-35(38)41-44(48)49)33(46)50-17-14-37-21-25-18-26(22-37)20-27(19-25)23-37/h8-9,11-12,25-27,29-31,40H,4-7,10,13-23H2,1-3H3,(H3,38,39,41)/t25?,26?,27?,29-,30-,31-,37?/m0/s1. The number of hydrogen-bond acceptors (Lipinski definition) is 9. The number of fused-ring (bicyclic) bond motifs is 1. The van der Waals surface area contributed by atoms with Gasteiger partial charge < -0.3 is 20.5 Å². The molecule has 2 heterocycles. The molecule has 14 heteroatoms. The molecule has 4 bridgehead atoms. The highest BCUT2D eigenvalue weighted by molar-refractivity contribution is 5.91. The molecule has 3 atom stereocenters. The highest BCUT2D eigenvalue weighted by Crippen LogP contribution is 2.61. The molecule has 7 rings (SSSR count). The lowest BCUT2D eigenvalue weighted by molar-refractivity contribution is -0.485. The van der Waals surface area contributed by atoms with E-state index in [4.69, 9.17) is 15.2 Å². The van der Waals surface area contributed by atoms with E-state index in [0.717, 1.165) is 42.6 Å². The van der Waals surface area contributed by atoms with Crippen LogP contribution < -0.4 is 16.4 Å². The molecule has 280 valence electrons. The van der Waals surface area contributed by atoms with Crippen LogP contribution in [0.3, 0.4) is 0 Å². The second kappa shape index (κ2) is 15.4. The molecule has 14 nitrogen and oxygen atoms in total.